The molecule has 1 heterocycles. The second-order valence-electron chi connectivity index (χ2n) is 3.93. The second-order valence-corrected chi connectivity index (χ2v) is 3.93. The van der Waals surface area contributed by atoms with E-state index in [1.54, 1.807) is 0 Å². The lowest BCUT2D eigenvalue weighted by Gasteiger charge is -2.16. The first-order valence-electron chi connectivity index (χ1n) is 5.48. The fraction of sp³-hybridized carbons (Fsp3) is 0.500. The van der Waals surface area contributed by atoms with Crippen LogP contribution in [0.25, 0.3) is 0 Å². The Bertz CT molecular complexity index is 277. The molecule has 0 aliphatic carbocycles. The molecule has 0 aromatic heterocycles. The second kappa shape index (κ2) is 6.17. The van der Waals surface area contributed by atoms with Gasteiger partial charge in [-0.2, -0.15) is 0 Å². The molecular weight excluding hydrogens is 186 g/mol. The maximum atomic E-state index is 5.49. The Morgan fingerprint density at radius 2 is 2.40 bits per heavy atom. The molecule has 1 aliphatic rings. The number of unbranched alkanes of at least 4 members (excludes halogenated alkanes) is 1. The molecule has 3 nitrogen and oxygen atoms in total. The van der Waals surface area contributed by atoms with E-state index in [4.69, 9.17) is 5.73 Å². The van der Waals surface area contributed by atoms with Gasteiger partial charge in [0.1, 0.15) is 0 Å². The number of hydrogen-bond donors (Lipinski definition) is 3. The highest BCUT2D eigenvalue weighted by Gasteiger charge is 1.99. The highest BCUT2D eigenvalue weighted by molar-refractivity contribution is 5.24. The molecule has 0 fully saturated rings. The van der Waals surface area contributed by atoms with E-state index in [9.17, 15) is 0 Å². The van der Waals surface area contributed by atoms with Crippen molar-refractivity contribution in [2.24, 2.45) is 5.73 Å². The number of hydrogen-bond acceptors (Lipinski definition) is 3. The van der Waals surface area contributed by atoms with Gasteiger partial charge in [0.05, 0.1) is 5.82 Å². The zero-order chi connectivity index (χ0) is 11.1. The molecule has 3 heteroatoms. The Morgan fingerprint density at radius 3 is 3.07 bits per heavy atom. The van der Waals surface area contributed by atoms with Crippen LogP contribution in [0.2, 0.25) is 0 Å². The Morgan fingerprint density at radius 1 is 1.60 bits per heavy atom. The van der Waals surface area contributed by atoms with Crippen molar-refractivity contribution in [2.45, 2.75) is 26.2 Å². The highest BCUT2D eigenvalue weighted by Crippen LogP contribution is 2.03. The average Bonchev–Trinajstić information content (AvgIpc) is 2.17. The summed E-state index contributed by atoms with van der Waals surface area (Å²) in [4.78, 5) is 0. The molecule has 0 unspecified atom stereocenters. The molecule has 0 aromatic carbocycles. The third kappa shape index (κ3) is 5.15. The normalized spacial score (nSPS) is 15.0. The predicted molar refractivity (Wildman–Crippen MR) is 65.0 cm³/mol. The van der Waals surface area contributed by atoms with E-state index in [-0.39, 0.29) is 0 Å². The molecule has 4 N–H and O–H groups in total. The van der Waals surface area contributed by atoms with Gasteiger partial charge in [0.2, 0.25) is 0 Å². The molecule has 1 rings (SSSR count). The first-order chi connectivity index (χ1) is 7.18. The number of nitrogens with two attached hydrogens (primary N) is 1. The monoisotopic (exact) mass is 207 g/mol. The molecule has 0 atom stereocenters. The third-order valence-corrected chi connectivity index (χ3v) is 2.33. The quantitative estimate of drug-likeness (QED) is 0.580. The topological polar surface area (TPSA) is 50.1 Å². The zero-order valence-corrected chi connectivity index (χ0v) is 9.47. The molecular formula is C12H21N3. The van der Waals surface area contributed by atoms with Gasteiger partial charge in [-0.05, 0) is 37.8 Å². The molecule has 0 bridgehead atoms. The fourth-order valence-corrected chi connectivity index (χ4v) is 1.47. The lowest BCUT2D eigenvalue weighted by atomic mass is 10.2. The SMILES string of the molecule is C=C(N)CCCCNC1=CC(C)=CCN1. The summed E-state index contributed by atoms with van der Waals surface area (Å²) < 4.78 is 0. The minimum absolute atomic E-state index is 0.781. The zero-order valence-electron chi connectivity index (χ0n) is 9.47. The van der Waals surface area contributed by atoms with Crippen molar-refractivity contribution in [3.63, 3.8) is 0 Å². The third-order valence-electron chi connectivity index (χ3n) is 2.33. The standard InChI is InChI=1S/C12H21N3/c1-10-6-8-15-12(9-10)14-7-4-3-5-11(2)13/h6,9,14-15H,2-5,7-8,13H2,1H3. The molecule has 1 aliphatic heterocycles. The summed E-state index contributed by atoms with van der Waals surface area (Å²) in [7, 11) is 0. The van der Waals surface area contributed by atoms with E-state index in [1.165, 1.54) is 5.57 Å². The van der Waals surface area contributed by atoms with Gasteiger partial charge in [0, 0.05) is 18.8 Å². The minimum atomic E-state index is 0.781. The van der Waals surface area contributed by atoms with E-state index >= 15 is 0 Å². The van der Waals surface area contributed by atoms with Crippen LogP contribution in [-0.2, 0) is 0 Å². The number of rotatable bonds is 6. The maximum absolute atomic E-state index is 5.49. The van der Waals surface area contributed by atoms with E-state index in [0.29, 0.717) is 0 Å². The summed E-state index contributed by atoms with van der Waals surface area (Å²) in [6, 6.07) is 0. The van der Waals surface area contributed by atoms with Gasteiger partial charge < -0.3 is 16.4 Å². The summed E-state index contributed by atoms with van der Waals surface area (Å²) in [6.07, 6.45) is 7.45. The molecule has 0 saturated heterocycles. The molecule has 0 aromatic rings. The Hall–Kier alpha value is -1.38. The summed E-state index contributed by atoms with van der Waals surface area (Å²) in [5, 5.41) is 6.64. The van der Waals surface area contributed by atoms with Crippen molar-refractivity contribution in [1.82, 2.24) is 10.6 Å². The van der Waals surface area contributed by atoms with Gasteiger partial charge in [-0.15, -0.1) is 0 Å². The van der Waals surface area contributed by atoms with Crippen LogP contribution < -0.4 is 16.4 Å². The number of allylic oxidation sites excluding steroid dienone is 3. The van der Waals surface area contributed by atoms with Gasteiger partial charge in [0.25, 0.3) is 0 Å². The summed E-state index contributed by atoms with van der Waals surface area (Å²) in [5.74, 6) is 1.13. The molecule has 0 radical (unpaired) electrons. The molecule has 0 amide bonds. The van der Waals surface area contributed by atoms with Crippen LogP contribution in [0.3, 0.4) is 0 Å². The van der Waals surface area contributed by atoms with Gasteiger partial charge >= 0.3 is 0 Å². The van der Waals surface area contributed by atoms with Crippen LogP contribution in [0.4, 0.5) is 0 Å². The summed E-state index contributed by atoms with van der Waals surface area (Å²) in [5.41, 5.74) is 7.58. The fourth-order valence-electron chi connectivity index (χ4n) is 1.47. The summed E-state index contributed by atoms with van der Waals surface area (Å²) in [6.45, 7) is 7.70. The molecule has 15 heavy (non-hydrogen) atoms. The van der Waals surface area contributed by atoms with Gasteiger partial charge in [-0.25, -0.2) is 0 Å². The molecule has 0 saturated carbocycles. The Labute approximate surface area is 92.1 Å². The molecule has 84 valence electrons. The van der Waals surface area contributed by atoms with Gasteiger partial charge in [-0.3, -0.25) is 0 Å². The van der Waals surface area contributed by atoms with Crippen molar-refractivity contribution in [1.29, 1.82) is 0 Å². The van der Waals surface area contributed by atoms with Crippen molar-refractivity contribution in [3.8, 4) is 0 Å². The first-order valence-corrected chi connectivity index (χ1v) is 5.48. The predicted octanol–water partition coefficient (Wildman–Crippen LogP) is 1.61. The van der Waals surface area contributed by atoms with Crippen molar-refractivity contribution in [3.05, 3.63) is 35.8 Å². The lowest BCUT2D eigenvalue weighted by molar-refractivity contribution is 0.639. The van der Waals surface area contributed by atoms with Gasteiger partial charge in [-0.1, -0.05) is 12.7 Å². The first kappa shape index (κ1) is 11.7. The van der Waals surface area contributed by atoms with E-state index in [0.717, 1.165) is 43.9 Å². The number of nitrogens with one attached hydrogen (secondary N) is 2. The van der Waals surface area contributed by atoms with E-state index in [2.05, 4.69) is 36.3 Å². The lowest BCUT2D eigenvalue weighted by Crippen LogP contribution is -2.29. The Balaban J connectivity index is 2.10. The van der Waals surface area contributed by atoms with Gasteiger partial charge in [0.15, 0.2) is 0 Å². The highest BCUT2D eigenvalue weighted by atomic mass is 15.1. The Kier molecular flexibility index (Phi) is 4.81. The number of dihydropyridines is 1. The van der Waals surface area contributed by atoms with E-state index in [1.807, 2.05) is 0 Å². The van der Waals surface area contributed by atoms with Crippen LogP contribution in [0.5, 0.6) is 0 Å². The van der Waals surface area contributed by atoms with Crippen molar-refractivity contribution < 1.29 is 0 Å². The smallest absolute Gasteiger partial charge is 0.0991 e. The maximum Gasteiger partial charge on any atom is 0.0991 e. The van der Waals surface area contributed by atoms with Crippen LogP contribution in [0.1, 0.15) is 26.2 Å². The van der Waals surface area contributed by atoms with Crippen molar-refractivity contribution in [2.75, 3.05) is 13.1 Å². The van der Waals surface area contributed by atoms with Crippen molar-refractivity contribution >= 4 is 0 Å². The van der Waals surface area contributed by atoms with Crippen LogP contribution >= 0.6 is 0 Å². The minimum Gasteiger partial charge on any atom is -0.403 e. The van der Waals surface area contributed by atoms with E-state index < -0.39 is 0 Å². The van der Waals surface area contributed by atoms with Crippen LogP contribution in [0.15, 0.2) is 35.8 Å². The largest absolute Gasteiger partial charge is 0.403 e. The molecule has 0 spiro atoms. The van der Waals surface area contributed by atoms with Crippen LogP contribution in [-0.4, -0.2) is 13.1 Å². The summed E-state index contributed by atoms with van der Waals surface area (Å²) >= 11 is 0. The average molecular weight is 207 g/mol. The van der Waals surface area contributed by atoms with Crippen LogP contribution in [0, 0.1) is 0 Å².